The number of carbonyl (C=O) groups is 1. The topological polar surface area (TPSA) is 86.7 Å². The van der Waals surface area contributed by atoms with Gasteiger partial charge in [0, 0.05) is 12.6 Å². The van der Waals surface area contributed by atoms with Gasteiger partial charge < -0.3 is 10.4 Å². The fourth-order valence-corrected chi connectivity index (χ4v) is 8.24. The molecule has 2 N–H and O–H groups in total. The summed E-state index contributed by atoms with van der Waals surface area (Å²) < 4.78 is 27.5. The zero-order valence-corrected chi connectivity index (χ0v) is 19.7. The molecule has 4 saturated carbocycles. The van der Waals surface area contributed by atoms with Crippen LogP contribution in [-0.4, -0.2) is 47.5 Å². The number of nitrogens with zero attached hydrogens (tertiary/aromatic N) is 1. The summed E-state index contributed by atoms with van der Waals surface area (Å²) >= 11 is 12.1. The van der Waals surface area contributed by atoms with E-state index in [1.807, 2.05) is 0 Å². The molecule has 2 atom stereocenters. The third kappa shape index (κ3) is 3.56. The first-order valence-electron chi connectivity index (χ1n) is 10.3. The Kier molecular flexibility index (Phi) is 5.27. The van der Waals surface area contributed by atoms with Crippen LogP contribution in [0.3, 0.4) is 0 Å². The molecule has 0 aromatic heterocycles. The number of nitrogens with one attached hydrogen (secondary N) is 1. The Hall–Kier alpha value is -0.860. The van der Waals surface area contributed by atoms with Crippen molar-refractivity contribution >= 4 is 39.1 Å². The highest BCUT2D eigenvalue weighted by Gasteiger charge is 2.58. The zero-order valence-electron chi connectivity index (χ0n) is 17.4. The molecule has 0 radical (unpaired) electrons. The highest BCUT2D eigenvalue weighted by molar-refractivity contribution is 7.89. The number of rotatable bonds is 5. The van der Waals surface area contributed by atoms with Gasteiger partial charge in [0.15, 0.2) is 0 Å². The molecule has 6 nitrogen and oxygen atoms in total. The van der Waals surface area contributed by atoms with Gasteiger partial charge in [0.25, 0.3) is 0 Å². The molecule has 0 aliphatic heterocycles. The number of sulfonamides is 1. The Bertz CT molecular complexity index is 981. The second kappa shape index (κ2) is 7.07. The Morgan fingerprint density at radius 2 is 1.80 bits per heavy atom. The fraction of sp³-hybridized carbons (Fsp3) is 0.667. The van der Waals surface area contributed by atoms with Gasteiger partial charge in [0.05, 0.1) is 15.6 Å². The molecule has 0 saturated heterocycles. The molecular formula is C21H28Cl2N2O4S. The predicted octanol–water partition coefficient (Wildman–Crippen LogP) is 3.59. The van der Waals surface area contributed by atoms with Crippen molar-refractivity contribution < 1.29 is 18.3 Å². The summed E-state index contributed by atoms with van der Waals surface area (Å²) in [6.45, 7) is 3.15. The summed E-state index contributed by atoms with van der Waals surface area (Å²) in [4.78, 5) is 13.2. The van der Waals surface area contributed by atoms with Crippen LogP contribution in [0.4, 0.5) is 0 Å². The summed E-state index contributed by atoms with van der Waals surface area (Å²) in [5.41, 5.74) is -2.55. The molecule has 0 spiro atoms. The number of amides is 1. The first-order valence-corrected chi connectivity index (χ1v) is 12.5. The van der Waals surface area contributed by atoms with E-state index in [1.54, 1.807) is 13.8 Å². The number of aliphatic hydroxyl groups is 1. The van der Waals surface area contributed by atoms with E-state index < -0.39 is 26.7 Å². The van der Waals surface area contributed by atoms with Crippen molar-refractivity contribution in [2.45, 2.75) is 73.9 Å². The molecule has 166 valence electrons. The van der Waals surface area contributed by atoms with Crippen molar-refractivity contribution in [1.29, 1.82) is 0 Å². The lowest BCUT2D eigenvalue weighted by Gasteiger charge is -2.60. The molecule has 1 aromatic rings. The molecule has 1 amide bonds. The van der Waals surface area contributed by atoms with Gasteiger partial charge in [-0.05, 0) is 76.3 Å². The van der Waals surface area contributed by atoms with Crippen molar-refractivity contribution in [2.75, 3.05) is 7.05 Å². The number of benzene rings is 1. The van der Waals surface area contributed by atoms with Crippen LogP contribution < -0.4 is 5.32 Å². The van der Waals surface area contributed by atoms with Crippen LogP contribution in [0.5, 0.6) is 0 Å². The maximum atomic E-state index is 13.4. The Labute approximate surface area is 188 Å². The summed E-state index contributed by atoms with van der Waals surface area (Å²) in [6.07, 6.45) is 4.91. The molecule has 0 heterocycles. The predicted molar refractivity (Wildman–Crippen MR) is 116 cm³/mol. The maximum absolute atomic E-state index is 13.4. The molecule has 4 fully saturated rings. The van der Waals surface area contributed by atoms with Crippen LogP contribution in [0.15, 0.2) is 23.1 Å². The minimum atomic E-state index is -4.07. The van der Waals surface area contributed by atoms with E-state index in [-0.39, 0.29) is 20.8 Å². The first-order chi connectivity index (χ1) is 13.8. The highest BCUT2D eigenvalue weighted by atomic mass is 35.5. The summed E-state index contributed by atoms with van der Waals surface area (Å²) in [7, 11) is -2.69. The summed E-state index contributed by atoms with van der Waals surface area (Å²) in [5.74, 6) is 0.440. The number of hydrogen-bond acceptors (Lipinski definition) is 4. The van der Waals surface area contributed by atoms with Gasteiger partial charge in [-0.1, -0.05) is 29.3 Å². The second-order valence-corrected chi connectivity index (χ2v) is 12.7. The number of carbonyl (C=O) groups excluding carboxylic acids is 1. The molecule has 2 unspecified atom stereocenters. The fourth-order valence-electron chi connectivity index (χ4n) is 6.03. The molecule has 4 aliphatic carbocycles. The summed E-state index contributed by atoms with van der Waals surface area (Å²) in [5, 5.41) is 14.2. The van der Waals surface area contributed by atoms with Gasteiger partial charge in [0.2, 0.25) is 15.9 Å². The first kappa shape index (κ1) is 22.3. The SMILES string of the molecule is CN(C(C)(C)C(=O)NC12CC3CC(CC(O)(C3)C1)C2)S(=O)(=O)c1cccc(Cl)c1Cl. The van der Waals surface area contributed by atoms with E-state index in [1.165, 1.54) is 25.2 Å². The van der Waals surface area contributed by atoms with Gasteiger partial charge in [-0.2, -0.15) is 4.31 Å². The van der Waals surface area contributed by atoms with Crippen LogP contribution in [0.25, 0.3) is 0 Å². The highest BCUT2D eigenvalue weighted by Crippen LogP contribution is 2.57. The van der Waals surface area contributed by atoms with Crippen molar-refractivity contribution in [2.24, 2.45) is 11.8 Å². The van der Waals surface area contributed by atoms with E-state index in [9.17, 15) is 18.3 Å². The minimum Gasteiger partial charge on any atom is -0.390 e. The molecule has 30 heavy (non-hydrogen) atoms. The van der Waals surface area contributed by atoms with Crippen LogP contribution in [-0.2, 0) is 14.8 Å². The van der Waals surface area contributed by atoms with Crippen LogP contribution in [0, 0.1) is 11.8 Å². The maximum Gasteiger partial charge on any atom is 0.245 e. The number of halogens is 2. The van der Waals surface area contributed by atoms with E-state index in [0.29, 0.717) is 18.3 Å². The normalized spacial score (nSPS) is 33.2. The van der Waals surface area contributed by atoms with Crippen LogP contribution in [0.1, 0.15) is 52.4 Å². The standard InChI is InChI=1S/C21H28Cl2N2O4S/c1-19(2,25(3)30(28,29)16-6-4-5-15(22)17(16)23)18(26)24-20-8-13-7-14(9-20)11-21(27,10-13)12-20/h4-6,13-14,27H,7-12H2,1-3H3,(H,24,26). The average Bonchev–Trinajstić information content (AvgIpc) is 2.60. The van der Waals surface area contributed by atoms with E-state index in [0.717, 1.165) is 36.4 Å². The van der Waals surface area contributed by atoms with Crippen molar-refractivity contribution in [3.8, 4) is 0 Å². The third-order valence-electron chi connectivity index (χ3n) is 7.31. The van der Waals surface area contributed by atoms with Gasteiger partial charge in [-0.3, -0.25) is 4.79 Å². The zero-order chi connectivity index (χ0) is 22.1. The summed E-state index contributed by atoms with van der Waals surface area (Å²) in [6, 6.07) is 4.40. The third-order valence-corrected chi connectivity index (χ3v) is 10.3. The molecule has 4 bridgehead atoms. The van der Waals surface area contributed by atoms with Crippen LogP contribution in [0.2, 0.25) is 10.0 Å². The van der Waals surface area contributed by atoms with Gasteiger partial charge in [0.1, 0.15) is 10.4 Å². The molecular weight excluding hydrogens is 447 g/mol. The lowest BCUT2D eigenvalue weighted by atomic mass is 9.51. The largest absolute Gasteiger partial charge is 0.390 e. The Balaban J connectivity index is 1.59. The van der Waals surface area contributed by atoms with Gasteiger partial charge in [-0.25, -0.2) is 8.42 Å². The molecule has 5 rings (SSSR count). The van der Waals surface area contributed by atoms with E-state index >= 15 is 0 Å². The molecule has 4 aliphatic rings. The number of likely N-dealkylation sites (N-methyl/N-ethyl adjacent to an activating group) is 1. The van der Waals surface area contributed by atoms with Gasteiger partial charge >= 0.3 is 0 Å². The molecule has 1 aromatic carbocycles. The van der Waals surface area contributed by atoms with Crippen molar-refractivity contribution in [3.63, 3.8) is 0 Å². The van der Waals surface area contributed by atoms with Crippen LogP contribution >= 0.6 is 23.2 Å². The Morgan fingerprint density at radius 1 is 1.20 bits per heavy atom. The second-order valence-electron chi connectivity index (χ2n) is 10.0. The quantitative estimate of drug-likeness (QED) is 0.682. The van der Waals surface area contributed by atoms with E-state index in [2.05, 4.69) is 5.32 Å². The lowest BCUT2D eigenvalue weighted by Crippen LogP contribution is -2.68. The van der Waals surface area contributed by atoms with Gasteiger partial charge in [-0.15, -0.1) is 0 Å². The Morgan fingerprint density at radius 3 is 2.37 bits per heavy atom. The van der Waals surface area contributed by atoms with E-state index in [4.69, 9.17) is 23.2 Å². The smallest absolute Gasteiger partial charge is 0.245 e. The van der Waals surface area contributed by atoms with Crippen molar-refractivity contribution in [1.82, 2.24) is 9.62 Å². The van der Waals surface area contributed by atoms with Crippen molar-refractivity contribution in [3.05, 3.63) is 28.2 Å². The number of hydrogen-bond donors (Lipinski definition) is 2. The minimum absolute atomic E-state index is 0.0643. The molecule has 9 heteroatoms. The lowest BCUT2D eigenvalue weighted by molar-refractivity contribution is -0.154. The monoisotopic (exact) mass is 474 g/mol. The average molecular weight is 475 g/mol.